The molecule has 1 amide bonds. The van der Waals surface area contributed by atoms with Crippen LogP contribution in [0.15, 0.2) is 0 Å². The summed E-state index contributed by atoms with van der Waals surface area (Å²) in [6.45, 7) is -0.595. The van der Waals surface area contributed by atoms with Gasteiger partial charge in [0.2, 0.25) is 5.91 Å². The van der Waals surface area contributed by atoms with Crippen LogP contribution in [0.2, 0.25) is 0 Å². The lowest BCUT2D eigenvalue weighted by Crippen LogP contribution is -2.48. The highest BCUT2D eigenvalue weighted by molar-refractivity contribution is 5.85. The Hall–Kier alpha value is -0.630. The summed E-state index contributed by atoms with van der Waals surface area (Å²) in [7, 11) is 0. The largest absolute Gasteiger partial charge is 0.391 e. The van der Waals surface area contributed by atoms with Gasteiger partial charge in [0.05, 0.1) is 18.5 Å². The Morgan fingerprint density at radius 1 is 1.20 bits per heavy atom. The van der Waals surface area contributed by atoms with Crippen molar-refractivity contribution in [2.24, 2.45) is 5.92 Å². The van der Waals surface area contributed by atoms with E-state index >= 15 is 0 Å². The van der Waals surface area contributed by atoms with E-state index in [1.807, 2.05) is 0 Å². The zero-order chi connectivity index (χ0) is 14.3. The Balaban J connectivity index is 0.00000200. The van der Waals surface area contributed by atoms with Crippen molar-refractivity contribution in [3.63, 3.8) is 0 Å². The molecule has 0 aromatic heterocycles. The van der Waals surface area contributed by atoms with Gasteiger partial charge in [0.1, 0.15) is 0 Å². The van der Waals surface area contributed by atoms with Gasteiger partial charge in [0, 0.05) is 19.5 Å². The molecular formula is C11H16ClF5N2O. The summed E-state index contributed by atoms with van der Waals surface area (Å²) < 4.78 is 63.3. The molecule has 1 N–H and O–H groups in total. The van der Waals surface area contributed by atoms with Gasteiger partial charge in [0.25, 0.3) is 5.92 Å². The maximum Gasteiger partial charge on any atom is 0.391 e. The molecule has 2 heterocycles. The van der Waals surface area contributed by atoms with E-state index in [1.54, 1.807) is 0 Å². The van der Waals surface area contributed by atoms with Gasteiger partial charge in [-0.1, -0.05) is 0 Å². The van der Waals surface area contributed by atoms with Crippen molar-refractivity contribution in [3.8, 4) is 0 Å². The summed E-state index contributed by atoms with van der Waals surface area (Å²) in [5.41, 5.74) is 0. The lowest BCUT2D eigenvalue weighted by Gasteiger charge is -2.34. The first-order valence-electron chi connectivity index (χ1n) is 6.16. The Bertz CT molecular complexity index is 355. The van der Waals surface area contributed by atoms with Crippen LogP contribution >= 0.6 is 12.4 Å². The molecule has 0 bridgehead atoms. The number of nitrogens with one attached hydrogen (secondary N) is 1. The number of hydrogen-bond donors (Lipinski definition) is 1. The van der Waals surface area contributed by atoms with Crippen LogP contribution in [0.25, 0.3) is 0 Å². The summed E-state index contributed by atoms with van der Waals surface area (Å²) in [4.78, 5) is 13.1. The minimum absolute atomic E-state index is 0. The molecule has 0 saturated carbocycles. The second-order valence-corrected chi connectivity index (χ2v) is 5.13. The Kier molecular flexibility index (Phi) is 5.23. The van der Waals surface area contributed by atoms with Crippen LogP contribution in [0.5, 0.6) is 0 Å². The number of halogens is 6. The van der Waals surface area contributed by atoms with Gasteiger partial charge >= 0.3 is 6.18 Å². The lowest BCUT2D eigenvalue weighted by molar-refractivity contribution is -0.186. The van der Waals surface area contributed by atoms with Gasteiger partial charge in [-0.15, -0.1) is 12.4 Å². The topological polar surface area (TPSA) is 32.3 Å². The zero-order valence-corrected chi connectivity index (χ0v) is 11.4. The van der Waals surface area contributed by atoms with Crippen LogP contribution in [0.1, 0.15) is 19.3 Å². The quantitative estimate of drug-likeness (QED) is 0.751. The van der Waals surface area contributed by atoms with E-state index in [-0.39, 0.29) is 38.3 Å². The molecule has 2 rings (SSSR count). The molecule has 0 radical (unpaired) electrons. The first kappa shape index (κ1) is 17.4. The van der Waals surface area contributed by atoms with Crippen molar-refractivity contribution < 1.29 is 26.7 Å². The molecule has 1 unspecified atom stereocenters. The van der Waals surface area contributed by atoms with Gasteiger partial charge in [-0.3, -0.25) is 10.1 Å². The normalized spacial score (nSPS) is 27.2. The van der Waals surface area contributed by atoms with Crippen molar-refractivity contribution in [2.45, 2.75) is 37.4 Å². The van der Waals surface area contributed by atoms with E-state index in [1.165, 1.54) is 4.90 Å². The molecule has 20 heavy (non-hydrogen) atoms. The maximum absolute atomic E-state index is 13.0. The maximum atomic E-state index is 13.0. The average molecular weight is 323 g/mol. The number of carbonyl (C=O) groups excluding carboxylic acids is 1. The second kappa shape index (κ2) is 6.01. The first-order valence-corrected chi connectivity index (χ1v) is 6.16. The van der Waals surface area contributed by atoms with E-state index in [2.05, 4.69) is 5.32 Å². The highest BCUT2D eigenvalue weighted by Crippen LogP contribution is 2.34. The zero-order valence-electron chi connectivity index (χ0n) is 10.6. The number of carbonyl (C=O) groups is 1. The Labute approximate surface area is 119 Å². The predicted molar refractivity (Wildman–Crippen MR) is 64.0 cm³/mol. The SMILES string of the molecule is Cl.O=C(C1CC(F)(F)CN1)N1CCC(C(F)(F)F)CC1. The third kappa shape index (κ3) is 3.94. The van der Waals surface area contributed by atoms with Crippen LogP contribution < -0.4 is 5.32 Å². The van der Waals surface area contributed by atoms with E-state index in [4.69, 9.17) is 0 Å². The van der Waals surface area contributed by atoms with Crippen LogP contribution in [0, 0.1) is 5.92 Å². The number of nitrogens with zero attached hydrogens (tertiary/aromatic N) is 1. The van der Waals surface area contributed by atoms with Gasteiger partial charge in [-0.2, -0.15) is 13.2 Å². The molecule has 118 valence electrons. The van der Waals surface area contributed by atoms with Crippen LogP contribution in [0.3, 0.4) is 0 Å². The molecule has 0 spiro atoms. The summed E-state index contributed by atoms with van der Waals surface area (Å²) in [6, 6.07) is -0.975. The average Bonchev–Trinajstić information content (AvgIpc) is 2.68. The Morgan fingerprint density at radius 3 is 2.15 bits per heavy atom. The summed E-state index contributed by atoms with van der Waals surface area (Å²) >= 11 is 0. The minimum atomic E-state index is -4.24. The third-order valence-corrected chi connectivity index (χ3v) is 3.68. The molecule has 0 aliphatic carbocycles. The summed E-state index contributed by atoms with van der Waals surface area (Å²) in [6.07, 6.45) is -5.13. The molecule has 9 heteroatoms. The molecule has 0 aromatic rings. The number of rotatable bonds is 1. The smallest absolute Gasteiger partial charge is 0.341 e. The van der Waals surface area contributed by atoms with Crippen molar-refractivity contribution in [1.82, 2.24) is 10.2 Å². The molecule has 2 aliphatic rings. The number of piperidine rings is 1. The van der Waals surface area contributed by atoms with Gasteiger partial charge in [0.15, 0.2) is 0 Å². The molecule has 2 aliphatic heterocycles. The highest BCUT2D eigenvalue weighted by Gasteiger charge is 2.46. The molecule has 1 atom stereocenters. The first-order chi connectivity index (χ1) is 8.69. The van der Waals surface area contributed by atoms with Crippen molar-refractivity contribution in [1.29, 1.82) is 0 Å². The van der Waals surface area contributed by atoms with Gasteiger partial charge in [-0.05, 0) is 12.8 Å². The molecular weight excluding hydrogens is 307 g/mol. The highest BCUT2D eigenvalue weighted by atomic mass is 35.5. The van der Waals surface area contributed by atoms with Crippen molar-refractivity contribution >= 4 is 18.3 Å². The fourth-order valence-electron chi connectivity index (χ4n) is 2.54. The van der Waals surface area contributed by atoms with Crippen LogP contribution in [-0.4, -0.2) is 48.6 Å². The molecule has 2 fully saturated rings. The van der Waals surface area contributed by atoms with E-state index < -0.39 is 42.9 Å². The lowest BCUT2D eigenvalue weighted by atomic mass is 9.95. The number of hydrogen-bond acceptors (Lipinski definition) is 2. The van der Waals surface area contributed by atoms with Crippen LogP contribution in [0.4, 0.5) is 22.0 Å². The van der Waals surface area contributed by atoms with E-state index in [0.717, 1.165) is 0 Å². The molecule has 3 nitrogen and oxygen atoms in total. The third-order valence-electron chi connectivity index (χ3n) is 3.68. The van der Waals surface area contributed by atoms with Gasteiger partial charge in [-0.25, -0.2) is 8.78 Å². The molecule has 0 aromatic carbocycles. The standard InChI is InChI=1S/C11H15F5N2O.ClH/c12-10(13)5-8(17-6-10)9(19)18-3-1-7(2-4-18)11(14,15)16;/h7-8,17H,1-6H2;1H. The predicted octanol–water partition coefficient (Wildman–Crippen LogP) is 2.21. The van der Waals surface area contributed by atoms with E-state index in [0.29, 0.717) is 0 Å². The van der Waals surface area contributed by atoms with E-state index in [9.17, 15) is 26.7 Å². The van der Waals surface area contributed by atoms with Gasteiger partial charge < -0.3 is 4.90 Å². The monoisotopic (exact) mass is 322 g/mol. The fourth-order valence-corrected chi connectivity index (χ4v) is 2.54. The second-order valence-electron chi connectivity index (χ2n) is 5.13. The summed E-state index contributed by atoms with van der Waals surface area (Å²) in [5, 5.41) is 2.42. The fraction of sp³-hybridized carbons (Fsp3) is 0.909. The molecule has 2 saturated heterocycles. The van der Waals surface area contributed by atoms with Crippen molar-refractivity contribution in [3.05, 3.63) is 0 Å². The number of alkyl halides is 5. The Morgan fingerprint density at radius 2 is 1.75 bits per heavy atom. The van der Waals surface area contributed by atoms with Crippen LogP contribution in [-0.2, 0) is 4.79 Å². The minimum Gasteiger partial charge on any atom is -0.341 e. The summed E-state index contributed by atoms with van der Waals surface area (Å²) in [5.74, 6) is -4.82. The number of likely N-dealkylation sites (tertiary alicyclic amines) is 1. The number of amides is 1. The van der Waals surface area contributed by atoms with Crippen molar-refractivity contribution in [2.75, 3.05) is 19.6 Å².